The summed E-state index contributed by atoms with van der Waals surface area (Å²) in [7, 11) is 0. The summed E-state index contributed by atoms with van der Waals surface area (Å²) >= 11 is 11.7. The first kappa shape index (κ1) is 20.1. The number of halogens is 2. The number of hydrogen-bond acceptors (Lipinski definition) is 4. The molecule has 0 bridgehead atoms. The fourth-order valence-electron chi connectivity index (χ4n) is 2.02. The quantitative estimate of drug-likeness (QED) is 0.518. The lowest BCUT2D eigenvalue weighted by atomic mass is 10.1. The molecule has 0 heterocycles. The number of aromatic hydroxyl groups is 1. The van der Waals surface area contributed by atoms with E-state index in [4.69, 9.17) is 27.9 Å². The molecule has 2 N–H and O–H groups in total. The van der Waals surface area contributed by atoms with Crippen molar-refractivity contribution in [3.05, 3.63) is 57.6 Å². The van der Waals surface area contributed by atoms with Crippen LogP contribution in [0.2, 0.25) is 10.0 Å². The van der Waals surface area contributed by atoms with Crippen molar-refractivity contribution >= 4 is 35.3 Å². The van der Waals surface area contributed by atoms with E-state index in [0.717, 1.165) is 6.42 Å². The summed E-state index contributed by atoms with van der Waals surface area (Å²) < 4.78 is 5.61. The Morgan fingerprint density at radius 1 is 1.27 bits per heavy atom. The zero-order valence-electron chi connectivity index (χ0n) is 14.5. The summed E-state index contributed by atoms with van der Waals surface area (Å²) in [5, 5.41) is 14.1. The number of carbonyl (C=O) groups excluding carboxylic acids is 1. The first-order valence-corrected chi connectivity index (χ1v) is 8.86. The van der Waals surface area contributed by atoms with Crippen LogP contribution in [0.1, 0.15) is 36.2 Å². The minimum Gasteiger partial charge on any atom is -0.506 e. The SMILES string of the molecule is CC(C)CCOc1ccc(C(=O)NN=Cc2cc(Cl)cc(Cl)c2O)cc1. The molecule has 7 heteroatoms. The van der Waals surface area contributed by atoms with Gasteiger partial charge in [0.05, 0.1) is 17.8 Å². The van der Waals surface area contributed by atoms with Gasteiger partial charge in [0.2, 0.25) is 0 Å². The molecule has 0 aliphatic carbocycles. The van der Waals surface area contributed by atoms with Crippen LogP contribution in [0.4, 0.5) is 0 Å². The maximum absolute atomic E-state index is 12.1. The first-order chi connectivity index (χ1) is 12.4. The second-order valence-corrected chi connectivity index (χ2v) is 6.92. The van der Waals surface area contributed by atoms with Gasteiger partial charge in [-0.3, -0.25) is 4.79 Å². The van der Waals surface area contributed by atoms with E-state index in [1.807, 2.05) is 0 Å². The van der Waals surface area contributed by atoms with Crippen molar-refractivity contribution in [1.82, 2.24) is 5.43 Å². The van der Waals surface area contributed by atoms with E-state index in [1.54, 1.807) is 24.3 Å². The molecule has 0 saturated carbocycles. The Kier molecular flexibility index (Phi) is 7.30. The Morgan fingerprint density at radius 2 is 1.96 bits per heavy atom. The van der Waals surface area contributed by atoms with Crippen molar-refractivity contribution in [2.24, 2.45) is 11.0 Å². The van der Waals surface area contributed by atoms with Crippen LogP contribution in [0, 0.1) is 5.92 Å². The number of hydrogen-bond donors (Lipinski definition) is 2. The van der Waals surface area contributed by atoms with Crippen LogP contribution >= 0.6 is 23.2 Å². The number of carbonyl (C=O) groups is 1. The Bertz CT molecular complexity index is 790. The van der Waals surface area contributed by atoms with Gasteiger partial charge < -0.3 is 9.84 Å². The highest BCUT2D eigenvalue weighted by molar-refractivity contribution is 6.36. The molecule has 2 aromatic carbocycles. The van der Waals surface area contributed by atoms with E-state index in [1.165, 1.54) is 18.3 Å². The van der Waals surface area contributed by atoms with Gasteiger partial charge in [-0.15, -0.1) is 0 Å². The largest absolute Gasteiger partial charge is 0.506 e. The van der Waals surface area contributed by atoms with Gasteiger partial charge in [-0.1, -0.05) is 37.0 Å². The lowest BCUT2D eigenvalue weighted by Crippen LogP contribution is -2.17. The number of phenolic OH excluding ortho intramolecular Hbond substituents is 1. The number of hydrazone groups is 1. The predicted molar refractivity (Wildman–Crippen MR) is 105 cm³/mol. The first-order valence-electron chi connectivity index (χ1n) is 8.11. The maximum atomic E-state index is 12.1. The van der Waals surface area contributed by atoms with Gasteiger partial charge in [0, 0.05) is 16.1 Å². The van der Waals surface area contributed by atoms with Crippen molar-refractivity contribution in [3.8, 4) is 11.5 Å². The molecular weight excluding hydrogens is 375 g/mol. The average molecular weight is 395 g/mol. The van der Waals surface area contributed by atoms with Gasteiger partial charge in [0.25, 0.3) is 5.91 Å². The Labute approximate surface area is 162 Å². The average Bonchev–Trinajstić information content (AvgIpc) is 2.59. The van der Waals surface area contributed by atoms with E-state index in [-0.39, 0.29) is 16.7 Å². The molecule has 0 atom stereocenters. The molecule has 2 rings (SSSR count). The molecule has 0 aliphatic rings. The highest BCUT2D eigenvalue weighted by Crippen LogP contribution is 2.29. The fourth-order valence-corrected chi connectivity index (χ4v) is 2.53. The summed E-state index contributed by atoms with van der Waals surface area (Å²) in [6.45, 7) is 4.90. The van der Waals surface area contributed by atoms with Crippen LogP contribution in [0.5, 0.6) is 11.5 Å². The van der Waals surface area contributed by atoms with Crippen LogP contribution in [0.15, 0.2) is 41.5 Å². The second-order valence-electron chi connectivity index (χ2n) is 6.08. The number of ether oxygens (including phenoxy) is 1. The van der Waals surface area contributed by atoms with Crippen LogP contribution in [-0.4, -0.2) is 23.8 Å². The van der Waals surface area contributed by atoms with E-state index in [0.29, 0.717) is 34.4 Å². The van der Waals surface area contributed by atoms with Crippen molar-refractivity contribution in [3.63, 3.8) is 0 Å². The number of amides is 1. The minimum atomic E-state index is -0.386. The zero-order valence-corrected chi connectivity index (χ0v) is 16.0. The molecule has 26 heavy (non-hydrogen) atoms. The molecule has 0 radical (unpaired) electrons. The Hall–Kier alpha value is -2.24. The van der Waals surface area contributed by atoms with Crippen molar-refractivity contribution in [1.29, 1.82) is 0 Å². The van der Waals surface area contributed by atoms with Crippen molar-refractivity contribution < 1.29 is 14.6 Å². The molecule has 0 aromatic heterocycles. The van der Waals surface area contributed by atoms with Crippen molar-refractivity contribution in [2.75, 3.05) is 6.61 Å². The van der Waals surface area contributed by atoms with Gasteiger partial charge in [-0.05, 0) is 48.7 Å². The molecular formula is C19H20Cl2N2O3. The van der Waals surface area contributed by atoms with E-state index in [2.05, 4.69) is 24.4 Å². The zero-order chi connectivity index (χ0) is 19.1. The lowest BCUT2D eigenvalue weighted by Gasteiger charge is -2.08. The van der Waals surface area contributed by atoms with Crippen molar-refractivity contribution in [2.45, 2.75) is 20.3 Å². The second kappa shape index (κ2) is 9.46. The summed E-state index contributed by atoms with van der Waals surface area (Å²) in [6.07, 6.45) is 2.24. The van der Waals surface area contributed by atoms with Crippen LogP contribution in [-0.2, 0) is 0 Å². The summed E-state index contributed by atoms with van der Waals surface area (Å²) in [5.74, 6) is 0.746. The molecule has 0 unspecified atom stereocenters. The summed E-state index contributed by atoms with van der Waals surface area (Å²) in [6, 6.07) is 9.69. The fraction of sp³-hybridized carbons (Fsp3) is 0.263. The van der Waals surface area contributed by atoms with Crippen LogP contribution < -0.4 is 10.2 Å². The monoisotopic (exact) mass is 394 g/mol. The number of nitrogens with zero attached hydrogens (tertiary/aromatic N) is 1. The van der Waals surface area contributed by atoms with E-state index < -0.39 is 0 Å². The molecule has 5 nitrogen and oxygen atoms in total. The third-order valence-electron chi connectivity index (χ3n) is 3.51. The topological polar surface area (TPSA) is 70.9 Å². The van der Waals surface area contributed by atoms with Crippen LogP contribution in [0.3, 0.4) is 0 Å². The lowest BCUT2D eigenvalue weighted by molar-refractivity contribution is 0.0955. The smallest absolute Gasteiger partial charge is 0.271 e. The number of rotatable bonds is 7. The molecule has 138 valence electrons. The summed E-state index contributed by atoms with van der Waals surface area (Å²) in [4.78, 5) is 12.1. The number of phenols is 1. The molecule has 0 saturated heterocycles. The predicted octanol–water partition coefficient (Wildman–Crippen LogP) is 4.89. The van der Waals surface area contributed by atoms with Gasteiger partial charge in [0.15, 0.2) is 0 Å². The maximum Gasteiger partial charge on any atom is 0.271 e. The minimum absolute atomic E-state index is 0.110. The third kappa shape index (κ3) is 5.93. The molecule has 2 aromatic rings. The van der Waals surface area contributed by atoms with E-state index in [9.17, 15) is 9.90 Å². The Morgan fingerprint density at radius 3 is 2.62 bits per heavy atom. The highest BCUT2D eigenvalue weighted by Gasteiger charge is 2.07. The molecule has 0 spiro atoms. The van der Waals surface area contributed by atoms with Gasteiger partial charge in [0.1, 0.15) is 11.5 Å². The number of nitrogens with one attached hydrogen (secondary N) is 1. The normalized spacial score (nSPS) is 11.1. The van der Waals surface area contributed by atoms with Gasteiger partial charge in [-0.2, -0.15) is 5.10 Å². The summed E-state index contributed by atoms with van der Waals surface area (Å²) in [5.41, 5.74) is 3.12. The molecule has 1 amide bonds. The standard InChI is InChI=1S/C19H20Cl2N2O3/c1-12(2)7-8-26-16-5-3-13(4-6-16)19(25)23-22-11-14-9-15(20)10-17(21)18(14)24/h3-6,9-12,24H,7-8H2,1-2H3,(H,23,25). The van der Waals surface area contributed by atoms with Gasteiger partial charge in [-0.25, -0.2) is 5.43 Å². The van der Waals surface area contributed by atoms with Gasteiger partial charge >= 0.3 is 0 Å². The highest BCUT2D eigenvalue weighted by atomic mass is 35.5. The van der Waals surface area contributed by atoms with E-state index >= 15 is 0 Å². The number of benzene rings is 2. The third-order valence-corrected chi connectivity index (χ3v) is 4.01. The molecule has 0 fully saturated rings. The Balaban J connectivity index is 1.93. The van der Waals surface area contributed by atoms with Crippen LogP contribution in [0.25, 0.3) is 0 Å². The molecule has 0 aliphatic heterocycles.